The number of hydrogen-bond donors (Lipinski definition) is 4. The van der Waals surface area contributed by atoms with Crippen molar-refractivity contribution in [1.29, 1.82) is 0 Å². The molecule has 0 heterocycles. The first-order chi connectivity index (χ1) is 34.9. The van der Waals surface area contributed by atoms with Crippen molar-refractivity contribution in [1.82, 2.24) is 0 Å². The lowest BCUT2D eigenvalue weighted by Gasteiger charge is -2.36. The fourth-order valence-corrected chi connectivity index (χ4v) is 10.7. The first-order valence-electron chi connectivity index (χ1n) is 29.3. The van der Waals surface area contributed by atoms with Crippen LogP contribution in [0.15, 0.2) is 85.1 Å². The zero-order valence-electron chi connectivity index (χ0n) is 51.6. The third-order valence-electron chi connectivity index (χ3n) is 13.7. The fourth-order valence-electron chi connectivity index (χ4n) is 7.71. The molecule has 0 saturated heterocycles. The Labute approximate surface area is 469 Å². The van der Waals surface area contributed by atoms with Crippen LogP contribution < -0.4 is 0 Å². The maximum atomic E-state index is 10.0. The molecule has 0 aromatic carbocycles. The first kappa shape index (κ1) is 72.5. The van der Waals surface area contributed by atoms with E-state index in [1.807, 2.05) is 24.3 Å². The zero-order valence-corrected chi connectivity index (χ0v) is 55.6. The Hall–Kier alpha value is -2.47. The maximum Gasteiger partial charge on any atom is 0.191 e. The van der Waals surface area contributed by atoms with E-state index >= 15 is 0 Å². The summed E-state index contributed by atoms with van der Waals surface area (Å²) in [6.07, 6.45) is 43.0. The minimum Gasteiger partial charge on any atom is -0.417 e. The third-order valence-corrected chi connectivity index (χ3v) is 21.1. The summed E-state index contributed by atoms with van der Waals surface area (Å²) in [5, 5.41) is 37.4. The number of rotatable bonds is 29. The van der Waals surface area contributed by atoms with Crippen LogP contribution in [0.5, 0.6) is 0 Å². The lowest BCUT2D eigenvalue weighted by atomic mass is 9.97. The van der Waals surface area contributed by atoms with Gasteiger partial charge in [0, 0.05) is 39.1 Å². The number of hydrogen-bond acceptors (Lipinski definition) is 5. The van der Waals surface area contributed by atoms with Crippen molar-refractivity contribution in [2.24, 2.45) is 47.3 Å². The van der Waals surface area contributed by atoms with E-state index in [-0.39, 0.29) is 19.3 Å². The minimum absolute atomic E-state index is 0.196. The lowest BCUT2D eigenvalue weighted by Crippen LogP contribution is -2.40. The molecule has 426 valence electrons. The Balaban J connectivity index is 0.00000111. The smallest absolute Gasteiger partial charge is 0.191 e. The highest BCUT2D eigenvalue weighted by Gasteiger charge is 2.40. The molecule has 2 aliphatic rings. The van der Waals surface area contributed by atoms with Gasteiger partial charge in [0.15, 0.2) is 8.32 Å². The van der Waals surface area contributed by atoms with E-state index < -0.39 is 38.6 Å². The molecular weight excluding hydrogens is 985 g/mol. The molecule has 0 aromatic heterocycles. The molecule has 0 aliphatic heterocycles. The molecule has 2 fully saturated rings. The van der Waals surface area contributed by atoms with Gasteiger partial charge in [0.2, 0.25) is 0 Å². The quantitative estimate of drug-likeness (QED) is 0.0259. The molecule has 2 rings (SSSR count). The Bertz CT molecular complexity index is 1930. The molecule has 0 bridgehead atoms. The van der Waals surface area contributed by atoms with Crippen LogP contribution in [0.1, 0.15) is 138 Å². The second-order valence-electron chi connectivity index (χ2n) is 26.7. The predicted octanol–water partition coefficient (Wildman–Crippen LogP) is 16.7. The molecule has 10 atom stereocenters. The molecular formula is C66H116O5Si4. The molecule has 0 amide bonds. The Morgan fingerprint density at radius 1 is 0.493 bits per heavy atom. The van der Waals surface area contributed by atoms with Crippen molar-refractivity contribution < 1.29 is 24.9 Å². The van der Waals surface area contributed by atoms with E-state index in [4.69, 9.17) is 14.6 Å². The van der Waals surface area contributed by atoms with Crippen LogP contribution in [0, 0.1) is 81.7 Å². The van der Waals surface area contributed by atoms with Crippen molar-refractivity contribution in [2.75, 3.05) is 19.8 Å². The van der Waals surface area contributed by atoms with Gasteiger partial charge in [-0.2, -0.15) is 0 Å². The molecule has 75 heavy (non-hydrogen) atoms. The molecule has 9 heteroatoms. The van der Waals surface area contributed by atoms with E-state index in [9.17, 15) is 10.2 Å². The van der Waals surface area contributed by atoms with Crippen LogP contribution in [0.3, 0.4) is 0 Å². The van der Waals surface area contributed by atoms with Gasteiger partial charge in [0.1, 0.15) is 24.2 Å². The number of unbranched alkanes of at least 4 members (excludes halogenated alkanes) is 3. The monoisotopic (exact) mass is 1100 g/mol. The van der Waals surface area contributed by atoms with Crippen LogP contribution in [-0.2, 0) is 4.43 Å². The number of allylic oxidation sites excluding steroid dienone is 13. The van der Waals surface area contributed by atoms with E-state index in [1.165, 1.54) is 25.7 Å². The fraction of sp³-hybridized carbons (Fsp3) is 0.697. The molecule has 0 radical (unpaired) electrons. The standard InChI is InChI=1S/C27H50OSi2.C20H34O2Si.C19H32O2Si/c1-23(17-15-21-29(6,7)8)16-11-12-19-25-22-26(25)24(2)18-13-14-20-28-30(9,10)27(3,4)5;1-17(11-9-15-23(2,3)4)10-5-6-12-18-16-19(18)20(22)13-7-8-14-21;1-18(13-11-17-22(2,3)4)12-7-5-6-8-14-19(21)15-9-10-16-20/h11-12,16,19,23-26H,13-14,17-18,20,22H2,1-10H3;5-6,10,12,17-22H,7-8,11,13-14,16H2,1-4H3;5-8,12,14,18-21H,9-10,13,15-16H2,1-4H3/b16-11+,19-12+;10-5+,12-6+;6-5+,12-7+,14-8-/t23-,24-,25+,26+;17-,18+,19-,20-;18-,19+/m000/s1. The summed E-state index contributed by atoms with van der Waals surface area (Å²) in [5.41, 5.74) is 10.2. The van der Waals surface area contributed by atoms with E-state index in [1.54, 1.807) is 6.08 Å². The summed E-state index contributed by atoms with van der Waals surface area (Å²) in [4.78, 5) is 0. The van der Waals surface area contributed by atoms with Gasteiger partial charge in [-0.25, -0.2) is 0 Å². The van der Waals surface area contributed by atoms with Gasteiger partial charge in [-0.15, -0.1) is 34.4 Å². The van der Waals surface area contributed by atoms with Crippen LogP contribution in [0.4, 0.5) is 0 Å². The lowest BCUT2D eigenvalue weighted by molar-refractivity contribution is 0.131. The van der Waals surface area contributed by atoms with Gasteiger partial charge in [-0.1, -0.05) is 205 Å². The molecule has 4 N–H and O–H groups in total. The Morgan fingerprint density at radius 3 is 1.31 bits per heavy atom. The average Bonchev–Trinajstić information content (AvgIpc) is 4.23. The van der Waals surface area contributed by atoms with Crippen LogP contribution in [0.25, 0.3) is 0 Å². The van der Waals surface area contributed by atoms with Gasteiger partial charge < -0.3 is 24.9 Å². The molecule has 2 aliphatic carbocycles. The summed E-state index contributed by atoms with van der Waals surface area (Å²) in [6.45, 7) is 42.6. The SMILES string of the molecule is C[C@@H](/C=C/C=C/C=C\[C@@H](O)CCCCO)CC#C[Si](C)(C)C.C[C@@H](/C=C/C=C/[C@@H]1C[C@@H]1[C@@H](C)CCCCO[Si](C)(C)C(C)(C)C)CC#C[Si](C)(C)C.C[C@@H](/C=C/C=C/[C@@H]1C[C@@H]1[C@@H](O)CCCCO)CC#C[Si](C)(C)C. The van der Waals surface area contributed by atoms with Crippen molar-refractivity contribution in [3.8, 4) is 34.4 Å². The van der Waals surface area contributed by atoms with E-state index in [2.05, 4.69) is 210 Å². The molecule has 0 aromatic rings. The Morgan fingerprint density at radius 2 is 0.880 bits per heavy atom. The second kappa shape index (κ2) is 39.0. The average molecular weight is 1100 g/mol. The minimum atomic E-state index is -1.57. The van der Waals surface area contributed by atoms with Gasteiger partial charge in [0.25, 0.3) is 0 Å². The normalized spacial score (nSPS) is 20.7. The van der Waals surface area contributed by atoms with Crippen molar-refractivity contribution >= 4 is 32.5 Å². The highest BCUT2D eigenvalue weighted by atomic mass is 28.4. The Kier molecular flexibility index (Phi) is 37.7. The largest absolute Gasteiger partial charge is 0.417 e. The van der Waals surface area contributed by atoms with Crippen molar-refractivity contribution in [3.05, 3.63) is 85.1 Å². The molecule has 0 spiro atoms. The van der Waals surface area contributed by atoms with Gasteiger partial charge in [-0.3, -0.25) is 0 Å². The van der Waals surface area contributed by atoms with E-state index in [0.717, 1.165) is 82.1 Å². The van der Waals surface area contributed by atoms with Crippen molar-refractivity contribution in [2.45, 2.75) is 228 Å². The summed E-state index contributed by atoms with van der Waals surface area (Å²) in [5.74, 6) is 15.0. The van der Waals surface area contributed by atoms with Gasteiger partial charge in [-0.05, 0) is 123 Å². The molecule has 5 nitrogen and oxygen atoms in total. The van der Waals surface area contributed by atoms with Crippen molar-refractivity contribution in [3.63, 3.8) is 0 Å². The summed E-state index contributed by atoms with van der Waals surface area (Å²) < 4.78 is 6.31. The summed E-state index contributed by atoms with van der Waals surface area (Å²) in [6, 6.07) is 0. The summed E-state index contributed by atoms with van der Waals surface area (Å²) >= 11 is 0. The maximum absolute atomic E-state index is 10.0. The highest BCUT2D eigenvalue weighted by molar-refractivity contribution is 6.84. The first-order valence-corrected chi connectivity index (χ1v) is 42.8. The number of aliphatic hydroxyl groups is 4. The van der Waals surface area contributed by atoms with E-state index in [0.29, 0.717) is 41.0 Å². The predicted molar refractivity (Wildman–Crippen MR) is 342 cm³/mol. The topological polar surface area (TPSA) is 90.2 Å². The van der Waals surface area contributed by atoms with Crippen LogP contribution >= 0.6 is 0 Å². The second-order valence-corrected chi connectivity index (χ2v) is 45.7. The van der Waals surface area contributed by atoms with Crippen LogP contribution in [-0.4, -0.2) is 85.0 Å². The van der Waals surface area contributed by atoms with Gasteiger partial charge in [0.05, 0.1) is 12.2 Å². The number of aliphatic hydroxyl groups excluding tert-OH is 4. The molecule has 2 saturated carbocycles. The molecule has 0 unspecified atom stereocenters. The third kappa shape index (κ3) is 43.1. The zero-order chi connectivity index (χ0) is 57.1. The summed E-state index contributed by atoms with van der Waals surface area (Å²) in [7, 11) is -5.27. The highest BCUT2D eigenvalue weighted by Crippen LogP contribution is 2.47. The van der Waals surface area contributed by atoms with Gasteiger partial charge >= 0.3 is 0 Å². The van der Waals surface area contributed by atoms with Crippen LogP contribution in [0.2, 0.25) is 77.1 Å².